The molecule has 3 aromatic rings. The van der Waals surface area contributed by atoms with Gasteiger partial charge in [-0.2, -0.15) is 0 Å². The molecular weight excluding hydrogens is 433 g/mol. The van der Waals surface area contributed by atoms with E-state index in [-0.39, 0.29) is 10.4 Å². The molecule has 0 aliphatic carbocycles. The molecule has 5 nitrogen and oxygen atoms in total. The molecule has 1 aromatic heterocycles. The van der Waals surface area contributed by atoms with E-state index in [1.807, 2.05) is 5.32 Å². The number of hydrogen-bond donors (Lipinski definition) is 2. The molecule has 3 rings (SSSR count). The summed E-state index contributed by atoms with van der Waals surface area (Å²) in [6.45, 7) is 0. The first-order chi connectivity index (χ1) is 15.3. The van der Waals surface area contributed by atoms with Crippen LogP contribution in [0, 0.1) is 11.6 Å². The molecule has 1 heterocycles. The minimum absolute atomic E-state index is 0.350. The van der Waals surface area contributed by atoms with E-state index >= 15 is 0 Å². The van der Waals surface area contributed by atoms with Gasteiger partial charge in [-0.05, 0) is 46.8 Å². The Labute approximate surface area is 173 Å². The van der Waals surface area contributed by atoms with Crippen molar-refractivity contribution in [2.75, 3.05) is 5.32 Å². The van der Waals surface area contributed by atoms with Crippen LogP contribution in [0.25, 0.3) is 11.1 Å². The van der Waals surface area contributed by atoms with Crippen LogP contribution in [-0.4, -0.2) is 23.3 Å². The Hall–Kier alpha value is -3.47. The van der Waals surface area contributed by atoms with Crippen LogP contribution in [0.4, 0.5) is 27.6 Å². The maximum Gasteiger partial charge on any atom is 0.573 e. The summed E-state index contributed by atoms with van der Waals surface area (Å²) in [6, 6.07) is 0.194. The molecule has 156 valence electrons. The Morgan fingerprint density at radius 1 is 1.13 bits per heavy atom. The number of rotatable bonds is 5. The molecule has 0 aliphatic heterocycles. The molecule has 11 heteroatoms. The summed E-state index contributed by atoms with van der Waals surface area (Å²) in [5.41, 5.74) is -2.50. The monoisotopic (exact) mass is 446 g/mol. The minimum atomic E-state index is -5.26. The van der Waals surface area contributed by atoms with Crippen LogP contribution >= 0.6 is 11.3 Å². The topological polar surface area (TPSA) is 75.6 Å². The van der Waals surface area contributed by atoms with Gasteiger partial charge < -0.3 is 15.2 Å². The van der Waals surface area contributed by atoms with Crippen LogP contribution in [0.1, 0.15) is 24.1 Å². The molecule has 0 radical (unpaired) electrons. The fourth-order valence-electron chi connectivity index (χ4n) is 2.36. The number of carbonyl (C=O) groups excluding carboxylic acids is 1. The number of nitrogens with one attached hydrogen (secondary N) is 1. The van der Waals surface area contributed by atoms with Crippen molar-refractivity contribution < 1.29 is 45.5 Å². The van der Waals surface area contributed by atoms with Crippen LogP contribution < -0.4 is 10.1 Å². The third-order valence-electron chi connectivity index (χ3n) is 3.55. The average molecular weight is 446 g/mol. The highest BCUT2D eigenvalue weighted by Crippen LogP contribution is 2.31. The number of amides is 1. The number of anilines is 1. The third-order valence-corrected chi connectivity index (χ3v) is 4.45. The van der Waals surface area contributed by atoms with Gasteiger partial charge in [0.25, 0.3) is 5.91 Å². The minimum Gasteiger partial charge on any atom is -0.477 e. The highest BCUT2D eigenvalue weighted by atomic mass is 32.1. The predicted molar refractivity (Wildman–Crippen MR) is 97.7 cm³/mol. The molecule has 1 amide bonds. The number of alkyl halides is 3. The molecule has 30 heavy (non-hydrogen) atoms. The van der Waals surface area contributed by atoms with Gasteiger partial charge >= 0.3 is 12.3 Å². The van der Waals surface area contributed by atoms with E-state index in [2.05, 4.69) is 4.74 Å². The number of benzene rings is 2. The van der Waals surface area contributed by atoms with Gasteiger partial charge in [0.2, 0.25) is 0 Å². The quantitative estimate of drug-likeness (QED) is 0.505. The van der Waals surface area contributed by atoms with Crippen molar-refractivity contribution >= 4 is 28.9 Å². The maximum absolute atomic E-state index is 14.6. The van der Waals surface area contributed by atoms with Crippen molar-refractivity contribution in [2.45, 2.75) is 6.36 Å². The number of thiophene rings is 1. The van der Waals surface area contributed by atoms with Gasteiger partial charge in [0.05, 0.1) is 9.68 Å². The summed E-state index contributed by atoms with van der Waals surface area (Å²) in [5.74, 6) is -6.62. The Morgan fingerprint density at radius 2 is 1.80 bits per heavy atom. The van der Waals surface area contributed by atoms with Crippen molar-refractivity contribution in [1.29, 1.82) is 0 Å². The number of hydrogen-bond acceptors (Lipinski definition) is 4. The van der Waals surface area contributed by atoms with Gasteiger partial charge in [-0.1, -0.05) is 12.1 Å². The maximum atomic E-state index is 14.6. The summed E-state index contributed by atoms with van der Waals surface area (Å²) in [5, 5.41) is 12.2. The second-order valence-corrected chi connectivity index (χ2v) is 6.46. The lowest BCUT2D eigenvalue weighted by Gasteiger charge is -2.12. The van der Waals surface area contributed by atoms with Gasteiger partial charge in [-0.25, -0.2) is 13.6 Å². The van der Waals surface area contributed by atoms with Gasteiger partial charge in [0, 0.05) is 0 Å². The number of aromatic carboxylic acids is 1. The van der Waals surface area contributed by atoms with Crippen LogP contribution in [0.2, 0.25) is 0 Å². The fraction of sp³-hybridized carbons (Fsp3) is 0.0526. The van der Waals surface area contributed by atoms with Crippen molar-refractivity contribution in [2.24, 2.45) is 0 Å². The SMILES string of the molecule is [2H]c1cc([2H])c(-c2cc(F)c(NC(=O)c3ccsc3C(=O)O)c(F)c2)c([2H])c1OC(F)(F)F. The van der Waals surface area contributed by atoms with Gasteiger partial charge in [0.1, 0.15) is 27.9 Å². The molecule has 0 atom stereocenters. The fourth-order valence-corrected chi connectivity index (χ4v) is 3.09. The average Bonchev–Trinajstić information content (AvgIpc) is 3.17. The Morgan fingerprint density at radius 3 is 2.40 bits per heavy atom. The molecule has 0 aliphatic rings. The summed E-state index contributed by atoms with van der Waals surface area (Å²) in [7, 11) is 0. The molecule has 0 spiro atoms. The number of carboxylic acid groups (broad SMARTS) is 1. The zero-order chi connectivity index (χ0) is 24.7. The van der Waals surface area contributed by atoms with E-state index in [0.717, 1.165) is 17.4 Å². The van der Waals surface area contributed by atoms with Crippen molar-refractivity contribution in [3.63, 3.8) is 0 Å². The summed E-state index contributed by atoms with van der Waals surface area (Å²) in [6.07, 6.45) is -5.26. The molecule has 0 bridgehead atoms. The second-order valence-electron chi connectivity index (χ2n) is 5.55. The molecule has 2 aromatic carbocycles. The van der Waals surface area contributed by atoms with E-state index < -0.39 is 70.6 Å². The van der Waals surface area contributed by atoms with E-state index in [1.54, 1.807) is 0 Å². The highest BCUT2D eigenvalue weighted by molar-refractivity contribution is 7.12. The summed E-state index contributed by atoms with van der Waals surface area (Å²) < 4.78 is 93.9. The smallest absolute Gasteiger partial charge is 0.477 e. The number of carbonyl (C=O) groups is 2. The Balaban J connectivity index is 2.03. The normalized spacial score (nSPS) is 12.6. The van der Waals surface area contributed by atoms with Gasteiger partial charge in [0.15, 0.2) is 0 Å². The molecule has 0 fully saturated rings. The van der Waals surface area contributed by atoms with E-state index in [1.165, 1.54) is 5.38 Å². The van der Waals surface area contributed by atoms with Gasteiger partial charge in [-0.15, -0.1) is 24.5 Å². The molecule has 2 N–H and O–H groups in total. The number of ether oxygens (including phenoxy) is 1. The first-order valence-corrected chi connectivity index (χ1v) is 8.66. The number of halogens is 5. The first kappa shape index (κ1) is 17.4. The van der Waals surface area contributed by atoms with Crippen LogP contribution in [0.5, 0.6) is 5.75 Å². The lowest BCUT2D eigenvalue weighted by Crippen LogP contribution is -2.17. The largest absolute Gasteiger partial charge is 0.573 e. The second kappa shape index (κ2) is 8.11. The summed E-state index contributed by atoms with van der Waals surface area (Å²) >= 11 is 0.717. The van der Waals surface area contributed by atoms with Crippen LogP contribution in [0.15, 0.2) is 47.8 Å². The Bertz CT molecular complexity index is 1260. The molecule has 0 saturated heterocycles. The molecule has 0 saturated carbocycles. The first-order valence-electron chi connectivity index (χ1n) is 9.28. The zero-order valence-electron chi connectivity index (χ0n) is 17.4. The lowest BCUT2D eigenvalue weighted by atomic mass is 10.0. The lowest BCUT2D eigenvalue weighted by molar-refractivity contribution is -0.274. The molecule has 0 unspecified atom stereocenters. The molecular formula is C19H10F5NO4S. The van der Waals surface area contributed by atoms with Crippen LogP contribution in [-0.2, 0) is 0 Å². The Kier molecular flexibility index (Phi) is 4.70. The van der Waals surface area contributed by atoms with E-state index in [0.29, 0.717) is 18.2 Å². The highest BCUT2D eigenvalue weighted by Gasteiger charge is 2.31. The van der Waals surface area contributed by atoms with E-state index in [9.17, 15) is 31.5 Å². The van der Waals surface area contributed by atoms with E-state index in [4.69, 9.17) is 9.22 Å². The van der Waals surface area contributed by atoms with Crippen molar-refractivity contribution in [3.05, 3.63) is 69.8 Å². The standard InChI is InChI=1S/C19H10F5NO4S/c20-13-7-10(9-2-1-3-11(6-9)29-19(22,23)24)8-14(21)15(13)25-17(26)12-4-5-30-16(12)18(27)28/h1-8H,(H,25,26)(H,27,28)/i2D,3D,6D. The number of carboxylic acids is 1. The third kappa shape index (κ3) is 4.74. The van der Waals surface area contributed by atoms with Crippen molar-refractivity contribution in [1.82, 2.24) is 0 Å². The predicted octanol–water partition coefficient (Wildman–Crippen LogP) is 5.54. The van der Waals surface area contributed by atoms with Crippen LogP contribution in [0.3, 0.4) is 0 Å². The summed E-state index contributed by atoms with van der Waals surface area (Å²) in [4.78, 5) is 23.0. The van der Waals surface area contributed by atoms with Gasteiger partial charge in [-0.3, -0.25) is 4.79 Å². The zero-order valence-corrected chi connectivity index (χ0v) is 15.2. The van der Waals surface area contributed by atoms with Crippen molar-refractivity contribution in [3.8, 4) is 16.9 Å².